The molecule has 0 aliphatic heterocycles. The molecule has 1 nitrogen and oxygen atoms in total. The Labute approximate surface area is 178 Å². The van der Waals surface area contributed by atoms with Crippen molar-refractivity contribution in [1.29, 1.82) is 0 Å². The molecule has 1 aliphatic carbocycles. The molecule has 1 aliphatic rings. The number of hydrogen-bond donors (Lipinski definition) is 0. The lowest BCUT2D eigenvalue weighted by molar-refractivity contribution is -0.275. The largest absolute Gasteiger partial charge is 0.573 e. The highest BCUT2D eigenvalue weighted by atomic mass is 19.4. The van der Waals surface area contributed by atoms with Crippen molar-refractivity contribution in [3.05, 3.63) is 88.2 Å². The third kappa shape index (κ3) is 4.91. The van der Waals surface area contributed by atoms with Gasteiger partial charge in [-0.2, -0.15) is 0 Å². The number of rotatable bonds is 3. The van der Waals surface area contributed by atoms with Gasteiger partial charge in [0.25, 0.3) is 0 Å². The van der Waals surface area contributed by atoms with E-state index >= 15 is 0 Å². The number of hydrogen-bond acceptors (Lipinski definition) is 1. The molecule has 4 rings (SSSR count). The summed E-state index contributed by atoms with van der Waals surface area (Å²) in [5.41, 5.74) is 7.46. The van der Waals surface area contributed by atoms with Crippen LogP contribution < -0.4 is 4.74 Å². The van der Waals surface area contributed by atoms with E-state index in [4.69, 9.17) is 0 Å². The van der Waals surface area contributed by atoms with Crippen molar-refractivity contribution in [1.82, 2.24) is 0 Å². The molecule has 0 spiro atoms. The molecule has 0 bridgehead atoms. The maximum atomic E-state index is 13.9. The quantitative estimate of drug-likeness (QED) is 0.330. The molecule has 0 heterocycles. The van der Waals surface area contributed by atoms with Crippen molar-refractivity contribution in [2.75, 3.05) is 0 Å². The van der Waals surface area contributed by atoms with Gasteiger partial charge in [0.15, 0.2) is 11.6 Å². The summed E-state index contributed by atoms with van der Waals surface area (Å²) in [7, 11) is 0. The molecule has 31 heavy (non-hydrogen) atoms. The minimum absolute atomic E-state index is 0.276. The van der Waals surface area contributed by atoms with E-state index in [1.807, 2.05) is 12.1 Å². The highest BCUT2D eigenvalue weighted by molar-refractivity contribution is 5.74. The third-order valence-electron chi connectivity index (χ3n) is 5.28. The van der Waals surface area contributed by atoms with Crippen LogP contribution in [0.5, 0.6) is 5.75 Å². The maximum absolute atomic E-state index is 13.9. The van der Waals surface area contributed by atoms with Crippen LogP contribution in [0.2, 0.25) is 0 Å². The lowest BCUT2D eigenvalue weighted by Crippen LogP contribution is -2.17. The first kappa shape index (κ1) is 21.0. The van der Waals surface area contributed by atoms with Crippen LogP contribution in [-0.4, -0.2) is 6.36 Å². The Morgan fingerprint density at radius 1 is 0.839 bits per heavy atom. The molecule has 0 amide bonds. The molecule has 3 aromatic carbocycles. The summed E-state index contributed by atoms with van der Waals surface area (Å²) < 4.78 is 54.3. The lowest BCUT2D eigenvalue weighted by Gasteiger charge is -2.21. The normalized spacial score (nSPS) is 12.4. The van der Waals surface area contributed by atoms with Gasteiger partial charge >= 0.3 is 6.36 Å². The van der Waals surface area contributed by atoms with Gasteiger partial charge < -0.3 is 4.74 Å². The van der Waals surface area contributed by atoms with Crippen molar-refractivity contribution < 1.29 is 22.3 Å². The van der Waals surface area contributed by atoms with Gasteiger partial charge in [-0.25, -0.2) is 4.39 Å². The van der Waals surface area contributed by atoms with E-state index in [0.717, 1.165) is 43.4 Å². The molecule has 0 radical (unpaired) electrons. The number of alkyl halides is 3. The molecular weight excluding hydrogens is 404 g/mol. The van der Waals surface area contributed by atoms with Crippen LogP contribution in [0.4, 0.5) is 17.6 Å². The van der Waals surface area contributed by atoms with Crippen molar-refractivity contribution in [2.45, 2.75) is 39.0 Å². The predicted octanol–water partition coefficient (Wildman–Crippen LogP) is 6.84. The first-order valence-electron chi connectivity index (χ1n) is 10.1. The second-order valence-corrected chi connectivity index (χ2v) is 7.56. The van der Waals surface area contributed by atoms with Gasteiger partial charge in [0.1, 0.15) is 0 Å². The predicted molar refractivity (Wildman–Crippen MR) is 112 cm³/mol. The Hall–Kier alpha value is -3.26. The number of ether oxygens (including phenoxy) is 1. The summed E-state index contributed by atoms with van der Waals surface area (Å²) in [4.78, 5) is 0. The van der Waals surface area contributed by atoms with Crippen LogP contribution in [0.25, 0.3) is 11.1 Å². The number of fused-ring (bicyclic) bond motifs is 3. The van der Waals surface area contributed by atoms with E-state index in [-0.39, 0.29) is 5.56 Å². The van der Waals surface area contributed by atoms with E-state index in [1.54, 1.807) is 0 Å². The van der Waals surface area contributed by atoms with E-state index in [0.29, 0.717) is 0 Å². The fourth-order valence-electron chi connectivity index (χ4n) is 3.90. The zero-order chi connectivity index (χ0) is 22.0. The van der Waals surface area contributed by atoms with Gasteiger partial charge in [0, 0.05) is 11.1 Å². The van der Waals surface area contributed by atoms with Crippen molar-refractivity contribution >= 4 is 0 Å². The van der Waals surface area contributed by atoms with Crippen molar-refractivity contribution in [3.63, 3.8) is 0 Å². The van der Waals surface area contributed by atoms with Gasteiger partial charge in [-0.1, -0.05) is 49.5 Å². The first-order valence-corrected chi connectivity index (χ1v) is 10.1. The molecule has 0 saturated heterocycles. The molecule has 0 N–H and O–H groups in total. The van der Waals surface area contributed by atoms with Gasteiger partial charge in [0.05, 0.1) is 0 Å². The zero-order valence-corrected chi connectivity index (χ0v) is 16.9. The van der Waals surface area contributed by atoms with Crippen LogP contribution in [0, 0.1) is 17.7 Å². The summed E-state index contributed by atoms with van der Waals surface area (Å²) >= 11 is 0. The molecule has 5 heteroatoms. The minimum atomic E-state index is -4.94. The Morgan fingerprint density at radius 3 is 2.10 bits per heavy atom. The van der Waals surface area contributed by atoms with Crippen molar-refractivity contribution in [3.8, 4) is 28.7 Å². The number of benzene rings is 3. The molecule has 0 atom stereocenters. The van der Waals surface area contributed by atoms with Crippen molar-refractivity contribution in [2.24, 2.45) is 0 Å². The van der Waals surface area contributed by atoms with E-state index in [1.165, 1.54) is 33.9 Å². The molecular formula is C26H20F4O. The summed E-state index contributed by atoms with van der Waals surface area (Å²) in [5.74, 6) is 3.82. The van der Waals surface area contributed by atoms with E-state index in [2.05, 4.69) is 47.8 Å². The molecule has 0 saturated carbocycles. The lowest BCUT2D eigenvalue weighted by atomic mass is 9.84. The summed E-state index contributed by atoms with van der Waals surface area (Å²) in [6, 6.07) is 15.9. The van der Waals surface area contributed by atoms with E-state index < -0.39 is 17.9 Å². The molecule has 0 fully saturated rings. The Bertz CT molecular complexity index is 1180. The average Bonchev–Trinajstić information content (AvgIpc) is 2.73. The molecule has 0 aromatic heterocycles. The van der Waals surface area contributed by atoms with Crippen LogP contribution >= 0.6 is 0 Å². The highest BCUT2D eigenvalue weighted by Crippen LogP contribution is 2.34. The third-order valence-corrected chi connectivity index (χ3v) is 5.28. The Morgan fingerprint density at radius 2 is 1.45 bits per heavy atom. The summed E-state index contributed by atoms with van der Waals surface area (Å²) in [6.07, 6.45) is -0.834. The van der Waals surface area contributed by atoms with Gasteiger partial charge in [-0.3, -0.25) is 0 Å². The maximum Gasteiger partial charge on any atom is 0.573 e. The zero-order valence-electron chi connectivity index (χ0n) is 16.9. The van der Waals surface area contributed by atoms with Crippen LogP contribution in [-0.2, 0) is 19.3 Å². The second-order valence-electron chi connectivity index (χ2n) is 7.56. The fourth-order valence-corrected chi connectivity index (χ4v) is 3.90. The molecule has 3 aromatic rings. The smallest absolute Gasteiger partial charge is 0.403 e. The second kappa shape index (κ2) is 8.47. The minimum Gasteiger partial charge on any atom is -0.403 e. The van der Waals surface area contributed by atoms with E-state index in [9.17, 15) is 17.6 Å². The topological polar surface area (TPSA) is 9.23 Å². The van der Waals surface area contributed by atoms with Crippen LogP contribution in [0.15, 0.2) is 54.6 Å². The SMILES string of the molecule is CCCc1ccc2c(c1)CCc1cc(C#Cc3ccc(OC(F)(F)F)c(F)c3)ccc1-2. The first-order chi connectivity index (χ1) is 14.8. The monoisotopic (exact) mass is 424 g/mol. The highest BCUT2D eigenvalue weighted by Gasteiger charge is 2.32. The number of aryl methyl sites for hydroxylation is 3. The summed E-state index contributed by atoms with van der Waals surface area (Å²) in [5, 5.41) is 0. The van der Waals surface area contributed by atoms with Gasteiger partial charge in [0.2, 0.25) is 0 Å². The van der Waals surface area contributed by atoms with Gasteiger partial charge in [-0.15, -0.1) is 13.2 Å². The number of halogens is 4. The summed E-state index contributed by atoms with van der Waals surface area (Å²) in [6.45, 7) is 2.18. The average molecular weight is 424 g/mol. The fraction of sp³-hybridized carbons (Fsp3) is 0.231. The standard InChI is InChI=1S/C26H20F4O/c1-2-3-17-6-11-22-20(14-17)9-10-21-15-18(7-12-23(21)22)4-5-19-8-13-25(24(27)16-19)31-26(28,29)30/h6-8,11-16H,2-3,9-10H2,1H3. The molecule has 158 valence electrons. The van der Waals surface area contributed by atoms with Gasteiger partial charge in [-0.05, 0) is 77.4 Å². The Balaban J connectivity index is 1.56. The Kier molecular flexibility index (Phi) is 5.73. The van der Waals surface area contributed by atoms with Crippen LogP contribution in [0.1, 0.15) is 41.2 Å². The van der Waals surface area contributed by atoms with Crippen LogP contribution in [0.3, 0.4) is 0 Å². The molecule has 0 unspecified atom stereocenters.